The molecule has 0 spiro atoms. The van der Waals surface area contributed by atoms with Crippen molar-refractivity contribution < 1.29 is 8.42 Å². The van der Waals surface area contributed by atoms with E-state index in [0.717, 1.165) is 32.1 Å². The summed E-state index contributed by atoms with van der Waals surface area (Å²) in [7, 11) is -3.19. The third kappa shape index (κ3) is 2.99. The molecule has 17 heavy (non-hydrogen) atoms. The Hall–Kier alpha value is -0.170. The van der Waals surface area contributed by atoms with Crippen LogP contribution in [-0.2, 0) is 10.2 Å². The molecule has 2 heterocycles. The molecule has 2 saturated heterocycles. The first-order valence-corrected chi connectivity index (χ1v) is 7.99. The van der Waals surface area contributed by atoms with Crippen molar-refractivity contribution in [3.05, 3.63) is 0 Å². The van der Waals surface area contributed by atoms with E-state index in [1.807, 2.05) is 0 Å². The number of nitrogens with two attached hydrogens (primary N) is 1. The van der Waals surface area contributed by atoms with Gasteiger partial charge in [-0.05, 0) is 44.6 Å². The molecule has 2 rings (SSSR count). The smallest absolute Gasteiger partial charge is 0.281 e. The molecule has 6 heteroatoms. The van der Waals surface area contributed by atoms with Gasteiger partial charge in [0.05, 0.1) is 0 Å². The van der Waals surface area contributed by atoms with Crippen LogP contribution < -0.4 is 5.73 Å². The van der Waals surface area contributed by atoms with E-state index in [4.69, 9.17) is 5.73 Å². The van der Waals surface area contributed by atoms with Crippen molar-refractivity contribution >= 4 is 10.2 Å². The zero-order chi connectivity index (χ0) is 12.3. The fourth-order valence-electron chi connectivity index (χ4n) is 2.79. The lowest BCUT2D eigenvalue weighted by molar-refractivity contribution is 0.244. The SMILES string of the molecule is NCCC1CCCN(S(=O)(=O)N2CCCC2)C1. The van der Waals surface area contributed by atoms with Gasteiger partial charge in [0.15, 0.2) is 0 Å². The van der Waals surface area contributed by atoms with E-state index in [1.54, 1.807) is 8.61 Å². The van der Waals surface area contributed by atoms with E-state index in [-0.39, 0.29) is 0 Å². The number of hydrogen-bond acceptors (Lipinski definition) is 3. The normalized spacial score (nSPS) is 28.6. The van der Waals surface area contributed by atoms with Crippen molar-refractivity contribution in [2.45, 2.75) is 32.1 Å². The van der Waals surface area contributed by atoms with Crippen molar-refractivity contribution in [2.75, 3.05) is 32.7 Å². The minimum Gasteiger partial charge on any atom is -0.330 e. The Morgan fingerprint density at radius 1 is 1.06 bits per heavy atom. The third-order valence-electron chi connectivity index (χ3n) is 3.77. The lowest BCUT2D eigenvalue weighted by Gasteiger charge is -2.34. The molecular weight excluding hydrogens is 238 g/mol. The summed E-state index contributed by atoms with van der Waals surface area (Å²) in [5.41, 5.74) is 5.56. The molecule has 2 fully saturated rings. The molecule has 0 amide bonds. The first-order chi connectivity index (χ1) is 8.14. The lowest BCUT2D eigenvalue weighted by Crippen LogP contribution is -2.47. The van der Waals surface area contributed by atoms with Crippen molar-refractivity contribution in [3.8, 4) is 0 Å². The highest BCUT2D eigenvalue weighted by atomic mass is 32.2. The molecule has 0 saturated carbocycles. The van der Waals surface area contributed by atoms with Crippen molar-refractivity contribution in [1.82, 2.24) is 8.61 Å². The van der Waals surface area contributed by atoms with Crippen molar-refractivity contribution in [3.63, 3.8) is 0 Å². The summed E-state index contributed by atoms with van der Waals surface area (Å²) in [5.74, 6) is 0.450. The summed E-state index contributed by atoms with van der Waals surface area (Å²) in [6, 6.07) is 0. The maximum atomic E-state index is 12.4. The zero-order valence-corrected chi connectivity index (χ0v) is 11.2. The van der Waals surface area contributed by atoms with Gasteiger partial charge in [-0.1, -0.05) is 0 Å². The second kappa shape index (κ2) is 5.65. The number of hydrogen-bond donors (Lipinski definition) is 1. The van der Waals surface area contributed by atoms with Crippen molar-refractivity contribution in [2.24, 2.45) is 11.7 Å². The average molecular weight is 261 g/mol. The predicted octanol–water partition coefficient (Wildman–Crippen LogP) is 0.388. The van der Waals surface area contributed by atoms with Crippen LogP contribution in [0.15, 0.2) is 0 Å². The van der Waals surface area contributed by atoms with Crippen LogP contribution >= 0.6 is 0 Å². The number of piperidine rings is 1. The topological polar surface area (TPSA) is 66.6 Å². The van der Waals surface area contributed by atoms with Crippen LogP contribution in [0.5, 0.6) is 0 Å². The second-order valence-corrected chi connectivity index (χ2v) is 6.99. The molecule has 0 bridgehead atoms. The summed E-state index contributed by atoms with van der Waals surface area (Å²) < 4.78 is 28.0. The van der Waals surface area contributed by atoms with Gasteiger partial charge in [0.25, 0.3) is 10.2 Å². The lowest BCUT2D eigenvalue weighted by atomic mass is 9.96. The van der Waals surface area contributed by atoms with E-state index < -0.39 is 10.2 Å². The Labute approximate surface area is 104 Å². The quantitative estimate of drug-likeness (QED) is 0.796. The predicted molar refractivity (Wildman–Crippen MR) is 67.7 cm³/mol. The summed E-state index contributed by atoms with van der Waals surface area (Å²) in [5, 5.41) is 0. The fraction of sp³-hybridized carbons (Fsp3) is 1.00. The minimum atomic E-state index is -3.19. The third-order valence-corrected chi connectivity index (χ3v) is 5.78. The van der Waals surface area contributed by atoms with E-state index in [1.165, 1.54) is 0 Å². The van der Waals surface area contributed by atoms with Crippen LogP contribution in [-0.4, -0.2) is 49.8 Å². The molecule has 1 unspecified atom stereocenters. The van der Waals surface area contributed by atoms with E-state index in [2.05, 4.69) is 0 Å². The molecule has 0 aliphatic carbocycles. The monoisotopic (exact) mass is 261 g/mol. The van der Waals surface area contributed by atoms with Crippen LogP contribution in [0.4, 0.5) is 0 Å². The molecular formula is C11H23N3O2S. The Morgan fingerprint density at radius 3 is 2.35 bits per heavy atom. The average Bonchev–Trinajstić information content (AvgIpc) is 2.84. The Kier molecular flexibility index (Phi) is 4.41. The van der Waals surface area contributed by atoms with Gasteiger partial charge >= 0.3 is 0 Å². The van der Waals surface area contributed by atoms with Gasteiger partial charge < -0.3 is 5.73 Å². The highest BCUT2D eigenvalue weighted by Crippen LogP contribution is 2.24. The number of rotatable bonds is 4. The molecule has 0 aromatic carbocycles. The van der Waals surface area contributed by atoms with Gasteiger partial charge in [-0.25, -0.2) is 0 Å². The van der Waals surface area contributed by atoms with E-state index in [0.29, 0.717) is 38.6 Å². The summed E-state index contributed by atoms with van der Waals surface area (Å²) in [6.45, 7) is 3.39. The first-order valence-electron chi connectivity index (χ1n) is 6.60. The van der Waals surface area contributed by atoms with Crippen LogP contribution in [0.2, 0.25) is 0 Å². The molecule has 0 aromatic rings. The van der Waals surface area contributed by atoms with Crippen LogP contribution in [0.25, 0.3) is 0 Å². The summed E-state index contributed by atoms with van der Waals surface area (Å²) in [4.78, 5) is 0. The van der Waals surface area contributed by atoms with E-state index >= 15 is 0 Å². The summed E-state index contributed by atoms with van der Waals surface area (Å²) >= 11 is 0. The second-order valence-electron chi connectivity index (χ2n) is 5.06. The molecule has 0 radical (unpaired) electrons. The zero-order valence-electron chi connectivity index (χ0n) is 10.3. The standard InChI is InChI=1S/C11H23N3O2S/c12-6-5-11-4-3-9-14(10-11)17(15,16)13-7-1-2-8-13/h11H,1-10,12H2. The fourth-order valence-corrected chi connectivity index (χ4v) is 4.60. The molecule has 100 valence electrons. The molecule has 0 aromatic heterocycles. The minimum absolute atomic E-state index is 0.450. The Morgan fingerprint density at radius 2 is 1.71 bits per heavy atom. The van der Waals surface area contributed by atoms with E-state index in [9.17, 15) is 8.42 Å². The van der Waals surface area contributed by atoms with Gasteiger partial charge in [0.2, 0.25) is 0 Å². The Bertz CT molecular complexity index is 337. The first kappa shape index (κ1) is 13.3. The van der Waals surface area contributed by atoms with Gasteiger partial charge in [0, 0.05) is 26.2 Å². The molecule has 1 atom stereocenters. The largest absolute Gasteiger partial charge is 0.330 e. The molecule has 2 N–H and O–H groups in total. The highest BCUT2D eigenvalue weighted by molar-refractivity contribution is 7.86. The molecule has 2 aliphatic heterocycles. The molecule has 2 aliphatic rings. The van der Waals surface area contributed by atoms with Crippen LogP contribution in [0.3, 0.4) is 0 Å². The maximum Gasteiger partial charge on any atom is 0.281 e. The maximum absolute atomic E-state index is 12.4. The Balaban J connectivity index is 2.00. The van der Waals surface area contributed by atoms with Crippen molar-refractivity contribution in [1.29, 1.82) is 0 Å². The van der Waals surface area contributed by atoms with Crippen LogP contribution in [0, 0.1) is 5.92 Å². The van der Waals surface area contributed by atoms with Gasteiger partial charge in [-0.3, -0.25) is 0 Å². The van der Waals surface area contributed by atoms with Gasteiger partial charge in [-0.15, -0.1) is 0 Å². The molecule has 5 nitrogen and oxygen atoms in total. The number of nitrogens with zero attached hydrogens (tertiary/aromatic N) is 2. The van der Waals surface area contributed by atoms with Gasteiger partial charge in [0.1, 0.15) is 0 Å². The summed E-state index contributed by atoms with van der Waals surface area (Å²) in [6.07, 6.45) is 5.02. The van der Waals surface area contributed by atoms with Gasteiger partial charge in [-0.2, -0.15) is 17.0 Å². The van der Waals surface area contributed by atoms with Crippen LogP contribution in [0.1, 0.15) is 32.1 Å². The highest BCUT2D eigenvalue weighted by Gasteiger charge is 2.34.